The Morgan fingerprint density at radius 3 is 1.50 bits per heavy atom. The fraction of sp³-hybridized carbons (Fsp3) is 0.471. The Labute approximate surface area is 213 Å². The Morgan fingerprint density at radius 2 is 1.19 bits per heavy atom. The minimum absolute atomic E-state index is 0.0952. The van der Waals surface area contributed by atoms with E-state index < -0.39 is 53.4 Å². The molecule has 2 aromatic heterocycles. The molecule has 0 amide bonds. The molecule has 2 unspecified atom stereocenters. The molecule has 0 saturated carbocycles. The third-order valence-electron chi connectivity index (χ3n) is 4.47. The molecule has 0 aromatic carbocycles. The molecule has 0 aliphatic carbocycles. The lowest BCUT2D eigenvalue weighted by atomic mass is 10.1. The number of aromatic amines is 2. The molecule has 0 radical (unpaired) electrons. The van der Waals surface area contributed by atoms with Crippen molar-refractivity contribution in [2.24, 2.45) is 0 Å². The largest absolute Gasteiger partial charge is 0.379 e. The van der Waals surface area contributed by atoms with Gasteiger partial charge >= 0.3 is 0 Å². The van der Waals surface area contributed by atoms with E-state index in [0.29, 0.717) is 0 Å². The van der Waals surface area contributed by atoms with Gasteiger partial charge in [-0.15, -0.1) is 0 Å². The van der Waals surface area contributed by atoms with E-state index in [2.05, 4.69) is 19.9 Å². The summed E-state index contributed by atoms with van der Waals surface area (Å²) in [6, 6.07) is 0. The highest BCUT2D eigenvalue weighted by molar-refractivity contribution is 8.00. The number of carbonyl (C=O) groups is 1. The van der Waals surface area contributed by atoms with E-state index in [1.54, 1.807) is 0 Å². The third kappa shape index (κ3) is 10.3. The number of carbonyl (C=O) groups excluding carboxylic acids is 1. The Morgan fingerprint density at radius 1 is 0.833 bits per heavy atom. The second-order valence-corrected chi connectivity index (χ2v) is 13.1. The van der Waals surface area contributed by atoms with Crippen LogP contribution in [-0.4, -0.2) is 74.7 Å². The molecular weight excluding hydrogens is 560 g/mol. The van der Waals surface area contributed by atoms with E-state index in [0.717, 1.165) is 23.5 Å². The van der Waals surface area contributed by atoms with Crippen molar-refractivity contribution in [3.63, 3.8) is 0 Å². The van der Waals surface area contributed by atoms with Crippen LogP contribution in [0.5, 0.6) is 0 Å². The first-order chi connectivity index (χ1) is 16.6. The van der Waals surface area contributed by atoms with Crippen molar-refractivity contribution in [3.8, 4) is 0 Å². The molecule has 200 valence electrons. The van der Waals surface area contributed by atoms with Crippen LogP contribution in [0, 0.1) is 0 Å². The zero-order chi connectivity index (χ0) is 27.1. The predicted octanol–water partition coefficient (Wildman–Crippen LogP) is -0.609. The summed E-state index contributed by atoms with van der Waals surface area (Å²) in [4.78, 5) is 48.8. The van der Waals surface area contributed by atoms with Crippen LogP contribution in [-0.2, 0) is 25.0 Å². The van der Waals surface area contributed by atoms with Gasteiger partial charge in [0.2, 0.25) is 0 Å². The van der Waals surface area contributed by atoms with Crippen LogP contribution in [0.2, 0.25) is 0 Å². The minimum Gasteiger partial charge on any atom is -0.379 e. The van der Waals surface area contributed by atoms with Gasteiger partial charge in [0.1, 0.15) is 5.78 Å². The van der Waals surface area contributed by atoms with Crippen LogP contribution in [0.15, 0.2) is 22.0 Å². The zero-order valence-electron chi connectivity index (χ0n) is 18.5. The molecule has 0 aliphatic heterocycles. The first kappa shape index (κ1) is 29.8. The number of thioether (sulfide) groups is 2. The molecular formula is C17H24N6O9S4. The lowest BCUT2D eigenvalue weighted by Gasteiger charge is -2.19. The van der Waals surface area contributed by atoms with Gasteiger partial charge in [-0.05, 0) is 0 Å². The summed E-state index contributed by atoms with van der Waals surface area (Å²) in [5.41, 5.74) is 10.2. The molecule has 0 saturated heterocycles. The Balaban J connectivity index is 2.24. The Kier molecular flexibility index (Phi) is 10.5. The third-order valence-corrected chi connectivity index (χ3v) is 8.93. The average Bonchev–Trinajstić information content (AvgIpc) is 2.74. The van der Waals surface area contributed by atoms with E-state index in [9.17, 15) is 31.2 Å². The van der Waals surface area contributed by atoms with Gasteiger partial charge in [-0.25, -0.2) is 9.97 Å². The van der Waals surface area contributed by atoms with Crippen molar-refractivity contribution < 1.29 is 30.7 Å². The number of nitrogens with two attached hydrogens (primary N) is 2. The number of aromatic nitrogens is 4. The maximum Gasteiger partial charge on any atom is 0.290 e. The molecule has 0 spiro atoms. The van der Waals surface area contributed by atoms with E-state index in [4.69, 9.17) is 20.6 Å². The summed E-state index contributed by atoms with van der Waals surface area (Å²) in [6.45, 7) is 0. The SMILES string of the molecule is Nc1nc(C(CC(=O)CC(SCCS(=O)(=O)O)c2c[nH]c(=O)c(N)n2)SCCS(=O)(=O)O)c[nH]c1=O. The van der Waals surface area contributed by atoms with Crippen LogP contribution in [0.1, 0.15) is 34.7 Å². The van der Waals surface area contributed by atoms with Gasteiger partial charge in [-0.1, -0.05) is 0 Å². The number of hydrogen-bond acceptors (Lipinski definition) is 13. The number of rotatable bonds is 14. The quantitative estimate of drug-likeness (QED) is 0.151. The monoisotopic (exact) mass is 584 g/mol. The summed E-state index contributed by atoms with van der Waals surface area (Å²) in [7, 11) is -8.52. The first-order valence-corrected chi connectivity index (χ1v) is 15.3. The number of hydrogen-bond donors (Lipinski definition) is 6. The number of Topliss-reactive ketones (excluding diaryl/α,β-unsaturated/α-hetero) is 1. The van der Waals surface area contributed by atoms with Crippen molar-refractivity contribution in [3.05, 3.63) is 44.5 Å². The van der Waals surface area contributed by atoms with Gasteiger partial charge in [0.15, 0.2) is 11.6 Å². The summed E-state index contributed by atoms with van der Waals surface area (Å²) >= 11 is 1.98. The summed E-state index contributed by atoms with van der Waals surface area (Å²) in [6.07, 6.45) is 2.06. The average molecular weight is 585 g/mol. The zero-order valence-corrected chi connectivity index (χ0v) is 21.8. The Bertz CT molecular complexity index is 1300. The van der Waals surface area contributed by atoms with E-state index in [1.165, 1.54) is 12.4 Å². The highest BCUT2D eigenvalue weighted by Gasteiger charge is 2.25. The summed E-state index contributed by atoms with van der Waals surface area (Å²) < 4.78 is 62.3. The maximum absolute atomic E-state index is 13.0. The highest BCUT2D eigenvalue weighted by Crippen LogP contribution is 2.36. The molecule has 0 bridgehead atoms. The number of H-pyrrole nitrogens is 2. The fourth-order valence-corrected chi connectivity index (χ4v) is 7.00. The fourth-order valence-electron chi connectivity index (χ4n) is 2.79. The number of nitrogens with one attached hydrogen (secondary N) is 2. The standard InChI is InChI=1S/C17H24N6O9S4/c18-14-16(25)20-7-10(22-14)12(33-1-3-35(27,28)29)5-9(24)6-13(34-2-4-36(30,31)32)11-8-21-17(26)15(19)23-11/h7-8,12-13H,1-6H2,(H2,18,22)(H2,19,23)(H,20,25)(H,21,26)(H,27,28,29)(H,30,31,32). The number of nitrogens with zero attached hydrogens (tertiary/aromatic N) is 2. The predicted molar refractivity (Wildman–Crippen MR) is 136 cm³/mol. The van der Waals surface area contributed by atoms with E-state index in [1.807, 2.05) is 0 Å². The summed E-state index contributed by atoms with van der Waals surface area (Å²) in [5, 5.41) is -1.51. The Hall–Kier alpha value is -2.45. The van der Waals surface area contributed by atoms with Crippen LogP contribution in [0.25, 0.3) is 0 Å². The second kappa shape index (κ2) is 12.7. The smallest absolute Gasteiger partial charge is 0.290 e. The number of nitrogen functional groups attached to an aromatic ring is 2. The van der Waals surface area contributed by atoms with Gasteiger partial charge in [0.25, 0.3) is 31.4 Å². The number of anilines is 2. The van der Waals surface area contributed by atoms with Crippen molar-refractivity contribution >= 4 is 61.2 Å². The maximum atomic E-state index is 13.0. The molecule has 0 aliphatic rings. The van der Waals surface area contributed by atoms with Crippen molar-refractivity contribution in [2.75, 3.05) is 34.5 Å². The van der Waals surface area contributed by atoms with Gasteiger partial charge < -0.3 is 21.4 Å². The normalized spacial score (nSPS) is 13.8. The summed E-state index contributed by atoms with van der Waals surface area (Å²) in [5.74, 6) is -2.46. The molecule has 2 atom stereocenters. The lowest BCUT2D eigenvalue weighted by molar-refractivity contribution is -0.119. The molecule has 0 fully saturated rings. The van der Waals surface area contributed by atoms with E-state index >= 15 is 0 Å². The van der Waals surface area contributed by atoms with E-state index in [-0.39, 0.29) is 53.2 Å². The topological polar surface area (TPSA) is 269 Å². The lowest BCUT2D eigenvalue weighted by Crippen LogP contribution is -2.19. The molecule has 2 aromatic rings. The van der Waals surface area contributed by atoms with Crippen LogP contribution in [0.4, 0.5) is 11.6 Å². The molecule has 19 heteroatoms. The molecule has 2 heterocycles. The minimum atomic E-state index is -4.26. The van der Waals surface area contributed by atoms with Crippen molar-refractivity contribution in [1.29, 1.82) is 0 Å². The van der Waals surface area contributed by atoms with Crippen LogP contribution in [0.3, 0.4) is 0 Å². The van der Waals surface area contributed by atoms with Gasteiger partial charge in [-0.2, -0.15) is 40.4 Å². The van der Waals surface area contributed by atoms with Crippen LogP contribution >= 0.6 is 23.5 Å². The van der Waals surface area contributed by atoms with Crippen LogP contribution < -0.4 is 22.6 Å². The van der Waals surface area contributed by atoms with Crippen molar-refractivity contribution in [1.82, 2.24) is 19.9 Å². The number of ketones is 1. The molecule has 36 heavy (non-hydrogen) atoms. The van der Waals surface area contributed by atoms with Gasteiger partial charge in [0.05, 0.1) is 33.4 Å². The van der Waals surface area contributed by atoms with Gasteiger partial charge in [0, 0.05) is 36.7 Å². The van der Waals surface area contributed by atoms with Gasteiger partial charge in [-0.3, -0.25) is 23.5 Å². The second-order valence-electron chi connectivity index (χ2n) is 7.32. The highest BCUT2D eigenvalue weighted by atomic mass is 32.2. The first-order valence-electron chi connectivity index (χ1n) is 10.00. The van der Waals surface area contributed by atoms with Crippen molar-refractivity contribution in [2.45, 2.75) is 23.3 Å². The molecule has 15 nitrogen and oxygen atoms in total. The molecule has 2 rings (SSSR count). The molecule has 8 N–H and O–H groups in total.